The normalized spacial score (nSPS) is 15.4. The number of hydrazine groups is 1. The Morgan fingerprint density at radius 3 is 2.52 bits per heavy atom. The number of ether oxygens (including phenoxy) is 2. The molecule has 1 unspecified atom stereocenters. The number of nitrogens with zero attached hydrogens (tertiary/aromatic N) is 2. The van der Waals surface area contributed by atoms with Gasteiger partial charge in [-0.3, -0.25) is 14.4 Å². The highest BCUT2D eigenvalue weighted by molar-refractivity contribution is 6.31. The van der Waals surface area contributed by atoms with Crippen LogP contribution in [0.3, 0.4) is 0 Å². The molecule has 3 rings (SSSR count). The number of nitrogens with one attached hydrogen (secondary N) is 1. The van der Waals surface area contributed by atoms with Gasteiger partial charge in [-0.2, -0.15) is 0 Å². The zero-order chi connectivity index (χ0) is 24.1. The van der Waals surface area contributed by atoms with E-state index in [-0.39, 0.29) is 17.3 Å². The van der Waals surface area contributed by atoms with Crippen molar-refractivity contribution < 1.29 is 33.0 Å². The zero-order valence-corrected chi connectivity index (χ0v) is 18.7. The van der Waals surface area contributed by atoms with Crippen LogP contribution in [0.5, 0.6) is 5.75 Å². The van der Waals surface area contributed by atoms with Crippen molar-refractivity contribution in [2.75, 3.05) is 18.1 Å². The minimum atomic E-state index is -1.38. The van der Waals surface area contributed by atoms with Gasteiger partial charge in [0.05, 0.1) is 23.7 Å². The Kier molecular flexibility index (Phi) is 7.72. The maximum atomic E-state index is 13.5. The minimum absolute atomic E-state index is 0.00683. The van der Waals surface area contributed by atoms with Crippen LogP contribution in [0, 0.1) is 5.82 Å². The summed E-state index contributed by atoms with van der Waals surface area (Å²) >= 11 is 11.6. The monoisotopic (exact) mass is 497 g/mol. The van der Waals surface area contributed by atoms with E-state index in [1.165, 1.54) is 18.2 Å². The topological polar surface area (TPSA) is 105 Å². The number of imide groups is 1. The lowest BCUT2D eigenvalue weighted by atomic mass is 10.2. The van der Waals surface area contributed by atoms with Crippen LogP contribution in [0.4, 0.5) is 14.9 Å². The predicted molar refractivity (Wildman–Crippen MR) is 116 cm³/mol. The third kappa shape index (κ3) is 5.71. The van der Waals surface area contributed by atoms with Gasteiger partial charge in [-0.15, -0.1) is 0 Å². The molecule has 174 valence electrons. The maximum absolute atomic E-state index is 13.5. The summed E-state index contributed by atoms with van der Waals surface area (Å²) in [5, 5.41) is 0.875. The fourth-order valence-electron chi connectivity index (χ4n) is 3.03. The van der Waals surface area contributed by atoms with Gasteiger partial charge < -0.3 is 9.47 Å². The highest BCUT2D eigenvalue weighted by atomic mass is 35.5. The van der Waals surface area contributed by atoms with Gasteiger partial charge >= 0.3 is 6.09 Å². The largest absolute Gasteiger partial charge is 0.484 e. The molecule has 0 radical (unpaired) electrons. The summed E-state index contributed by atoms with van der Waals surface area (Å²) in [4.78, 5) is 51.2. The second-order valence-electron chi connectivity index (χ2n) is 6.72. The summed E-state index contributed by atoms with van der Waals surface area (Å²) in [5.74, 6) is -2.71. The first-order chi connectivity index (χ1) is 15.7. The molecule has 1 aliphatic rings. The molecule has 1 aliphatic heterocycles. The minimum Gasteiger partial charge on any atom is -0.484 e. The van der Waals surface area contributed by atoms with E-state index in [9.17, 15) is 23.6 Å². The average Bonchev–Trinajstić information content (AvgIpc) is 3.07. The maximum Gasteiger partial charge on any atom is 0.426 e. The molecule has 2 aromatic rings. The van der Waals surface area contributed by atoms with Crippen molar-refractivity contribution in [1.29, 1.82) is 0 Å². The summed E-state index contributed by atoms with van der Waals surface area (Å²) in [5.41, 5.74) is 2.21. The number of anilines is 1. The van der Waals surface area contributed by atoms with Crippen molar-refractivity contribution in [2.45, 2.75) is 19.4 Å². The molecule has 0 saturated carbocycles. The number of carbonyl (C=O) groups excluding carboxylic acids is 4. The molecule has 1 N–H and O–H groups in total. The molecule has 1 saturated heterocycles. The average molecular weight is 498 g/mol. The summed E-state index contributed by atoms with van der Waals surface area (Å²) in [6.07, 6.45) is -1.44. The molecule has 0 spiro atoms. The van der Waals surface area contributed by atoms with E-state index >= 15 is 0 Å². The van der Waals surface area contributed by atoms with E-state index in [0.29, 0.717) is 15.8 Å². The molecule has 2 aromatic carbocycles. The molecule has 0 aliphatic carbocycles. The second-order valence-corrected chi connectivity index (χ2v) is 7.57. The van der Waals surface area contributed by atoms with Crippen LogP contribution in [0.2, 0.25) is 10.0 Å². The van der Waals surface area contributed by atoms with Crippen LogP contribution in [0.15, 0.2) is 42.5 Å². The first kappa shape index (κ1) is 24.3. The summed E-state index contributed by atoms with van der Waals surface area (Å²) in [7, 11) is 0. The van der Waals surface area contributed by atoms with E-state index in [0.717, 1.165) is 17.0 Å². The number of halogens is 3. The second kappa shape index (κ2) is 10.5. The SMILES string of the molecule is CCOC(=O)NN(C(=O)COc1ccc(Cl)cc1)C1CC(=O)N(c2ccc(F)c(Cl)c2)C1=O. The first-order valence-electron chi connectivity index (χ1n) is 9.67. The van der Waals surface area contributed by atoms with Crippen molar-refractivity contribution >= 4 is 52.7 Å². The van der Waals surface area contributed by atoms with Gasteiger partial charge in [0.15, 0.2) is 6.61 Å². The third-order valence-corrected chi connectivity index (χ3v) is 5.07. The summed E-state index contributed by atoms with van der Waals surface area (Å²) < 4.78 is 23.7. The highest BCUT2D eigenvalue weighted by Gasteiger charge is 2.45. The van der Waals surface area contributed by atoms with Crippen molar-refractivity contribution in [3.05, 3.63) is 58.3 Å². The van der Waals surface area contributed by atoms with Crippen molar-refractivity contribution in [3.63, 3.8) is 0 Å². The van der Waals surface area contributed by atoms with Crippen molar-refractivity contribution in [1.82, 2.24) is 10.4 Å². The molecule has 0 bridgehead atoms. The van der Waals surface area contributed by atoms with Crippen LogP contribution < -0.4 is 15.1 Å². The third-order valence-electron chi connectivity index (χ3n) is 4.53. The van der Waals surface area contributed by atoms with Gasteiger partial charge in [-0.05, 0) is 49.4 Å². The van der Waals surface area contributed by atoms with Crippen LogP contribution in [0.25, 0.3) is 0 Å². The van der Waals surface area contributed by atoms with Gasteiger partial charge in [0.1, 0.15) is 17.6 Å². The van der Waals surface area contributed by atoms with Crippen LogP contribution in [-0.2, 0) is 19.1 Å². The molecule has 1 fully saturated rings. The van der Waals surface area contributed by atoms with Gasteiger partial charge in [0, 0.05) is 5.02 Å². The van der Waals surface area contributed by atoms with Gasteiger partial charge in [-0.25, -0.2) is 24.5 Å². The smallest absolute Gasteiger partial charge is 0.426 e. The fraction of sp³-hybridized carbons (Fsp3) is 0.238. The molecule has 0 aromatic heterocycles. The Hall–Kier alpha value is -3.37. The van der Waals surface area contributed by atoms with Gasteiger partial charge in [0.2, 0.25) is 5.91 Å². The first-order valence-corrected chi connectivity index (χ1v) is 10.4. The number of hydrogen-bond donors (Lipinski definition) is 1. The van der Waals surface area contributed by atoms with E-state index in [1.807, 2.05) is 0 Å². The lowest BCUT2D eigenvalue weighted by Crippen LogP contribution is -2.56. The lowest BCUT2D eigenvalue weighted by molar-refractivity contribution is -0.143. The standard InChI is InChI=1S/C21H18Cl2FN3O6/c1-2-32-21(31)25-27(19(29)11-33-14-6-3-12(22)4-7-14)17-10-18(28)26(20(17)30)13-5-8-16(24)15(23)9-13/h3-9,17H,2,10-11H2,1H3,(H,25,31). The number of hydrogen-bond acceptors (Lipinski definition) is 6. The van der Waals surface area contributed by atoms with Crippen LogP contribution in [-0.4, -0.2) is 48.1 Å². The number of carbonyl (C=O) groups is 4. The quantitative estimate of drug-likeness (QED) is 0.484. The van der Waals surface area contributed by atoms with E-state index in [2.05, 4.69) is 5.43 Å². The molecule has 9 nitrogen and oxygen atoms in total. The van der Waals surface area contributed by atoms with Gasteiger partial charge in [-0.1, -0.05) is 23.2 Å². The Morgan fingerprint density at radius 1 is 1.18 bits per heavy atom. The zero-order valence-electron chi connectivity index (χ0n) is 17.2. The van der Waals surface area contributed by atoms with E-state index in [4.69, 9.17) is 32.7 Å². The Labute approximate surface area is 197 Å². The molecular weight excluding hydrogens is 480 g/mol. The summed E-state index contributed by atoms with van der Waals surface area (Å²) in [6, 6.07) is 8.11. The number of amides is 4. The Morgan fingerprint density at radius 2 is 1.88 bits per heavy atom. The van der Waals surface area contributed by atoms with Crippen molar-refractivity contribution in [3.8, 4) is 5.75 Å². The number of rotatable bonds is 6. The van der Waals surface area contributed by atoms with E-state index in [1.54, 1.807) is 19.1 Å². The molecule has 4 amide bonds. The van der Waals surface area contributed by atoms with Gasteiger partial charge in [0.25, 0.3) is 11.8 Å². The molecule has 1 heterocycles. The fourth-order valence-corrected chi connectivity index (χ4v) is 3.34. The highest BCUT2D eigenvalue weighted by Crippen LogP contribution is 2.29. The predicted octanol–water partition coefficient (Wildman–Crippen LogP) is 3.33. The molecule has 12 heteroatoms. The number of benzene rings is 2. The van der Waals surface area contributed by atoms with Crippen LogP contribution >= 0.6 is 23.2 Å². The molecular formula is C21H18Cl2FN3O6. The summed E-state index contributed by atoms with van der Waals surface area (Å²) in [6.45, 7) is 1.00. The van der Waals surface area contributed by atoms with Crippen molar-refractivity contribution in [2.24, 2.45) is 0 Å². The Bertz CT molecular complexity index is 1080. The lowest BCUT2D eigenvalue weighted by Gasteiger charge is -2.27. The van der Waals surface area contributed by atoms with E-state index < -0.39 is 48.7 Å². The van der Waals surface area contributed by atoms with Crippen LogP contribution in [0.1, 0.15) is 13.3 Å². The molecule has 1 atom stereocenters. The molecule has 33 heavy (non-hydrogen) atoms. The Balaban J connectivity index is 1.81.